The number of amides is 1. The lowest BCUT2D eigenvalue weighted by molar-refractivity contribution is -0.131. The Morgan fingerprint density at radius 3 is 2.37 bits per heavy atom. The van der Waals surface area contributed by atoms with E-state index in [0.29, 0.717) is 13.1 Å². The Labute approximate surface area is 112 Å². The molecule has 0 bridgehead atoms. The van der Waals surface area contributed by atoms with Gasteiger partial charge < -0.3 is 10.2 Å². The van der Waals surface area contributed by atoms with Gasteiger partial charge in [-0.2, -0.15) is 0 Å². The number of carbonyl (C=O) groups is 1. The van der Waals surface area contributed by atoms with Crippen molar-refractivity contribution in [3.63, 3.8) is 0 Å². The lowest BCUT2D eigenvalue weighted by Gasteiger charge is -2.24. The zero-order valence-electron chi connectivity index (χ0n) is 11.8. The summed E-state index contributed by atoms with van der Waals surface area (Å²) < 4.78 is 27.1. The van der Waals surface area contributed by atoms with E-state index in [0.717, 1.165) is 12.1 Å². The van der Waals surface area contributed by atoms with E-state index in [4.69, 9.17) is 0 Å². The Morgan fingerprint density at radius 2 is 1.84 bits per heavy atom. The van der Waals surface area contributed by atoms with Crippen molar-refractivity contribution in [3.05, 3.63) is 29.3 Å². The molecule has 1 aromatic carbocycles. The van der Waals surface area contributed by atoms with Crippen LogP contribution in [0, 0.1) is 18.6 Å². The molecule has 0 fully saturated rings. The fraction of sp³-hybridized carbons (Fsp3) is 0.500. The van der Waals surface area contributed by atoms with Gasteiger partial charge in [0, 0.05) is 19.2 Å². The van der Waals surface area contributed by atoms with Gasteiger partial charge in [0.2, 0.25) is 5.91 Å². The molecule has 0 aliphatic heterocycles. The molecule has 0 saturated heterocycles. The van der Waals surface area contributed by atoms with E-state index < -0.39 is 17.7 Å². The summed E-state index contributed by atoms with van der Waals surface area (Å²) in [4.78, 5) is 13.7. The van der Waals surface area contributed by atoms with Crippen LogP contribution in [0.5, 0.6) is 0 Å². The summed E-state index contributed by atoms with van der Waals surface area (Å²) in [7, 11) is 0. The molecule has 1 aromatic rings. The Morgan fingerprint density at radius 1 is 1.26 bits per heavy atom. The van der Waals surface area contributed by atoms with Crippen molar-refractivity contribution in [1.29, 1.82) is 0 Å². The molecule has 19 heavy (non-hydrogen) atoms. The van der Waals surface area contributed by atoms with E-state index in [1.54, 1.807) is 11.8 Å². The van der Waals surface area contributed by atoms with E-state index >= 15 is 0 Å². The second-order valence-electron chi connectivity index (χ2n) is 4.46. The van der Waals surface area contributed by atoms with Gasteiger partial charge in [-0.15, -0.1) is 0 Å². The molecule has 0 heterocycles. The third-order valence-corrected chi connectivity index (χ3v) is 3.07. The third kappa shape index (κ3) is 3.66. The van der Waals surface area contributed by atoms with Crippen LogP contribution in [0.4, 0.5) is 14.5 Å². The van der Waals surface area contributed by atoms with E-state index in [9.17, 15) is 13.6 Å². The summed E-state index contributed by atoms with van der Waals surface area (Å²) in [5.74, 6) is -1.19. The Hall–Kier alpha value is -1.65. The molecule has 1 amide bonds. The molecule has 1 N–H and O–H groups in total. The molecule has 1 atom stereocenters. The van der Waals surface area contributed by atoms with Crippen LogP contribution < -0.4 is 5.32 Å². The van der Waals surface area contributed by atoms with Crippen LogP contribution in [0.15, 0.2) is 12.1 Å². The van der Waals surface area contributed by atoms with Crippen LogP contribution >= 0.6 is 0 Å². The minimum Gasteiger partial charge on any atom is -0.371 e. The molecular formula is C14H20F2N2O. The number of benzene rings is 1. The second-order valence-corrected chi connectivity index (χ2v) is 4.46. The topological polar surface area (TPSA) is 32.3 Å². The summed E-state index contributed by atoms with van der Waals surface area (Å²) in [6.07, 6.45) is 0. The molecule has 0 spiro atoms. The summed E-state index contributed by atoms with van der Waals surface area (Å²) in [6.45, 7) is 8.06. The minimum absolute atomic E-state index is 0.0103. The number of nitrogens with one attached hydrogen (secondary N) is 1. The summed E-state index contributed by atoms with van der Waals surface area (Å²) in [5.41, 5.74) is 0.252. The molecule has 3 nitrogen and oxygen atoms in total. The summed E-state index contributed by atoms with van der Waals surface area (Å²) in [6, 6.07) is 1.60. The van der Waals surface area contributed by atoms with E-state index in [1.807, 2.05) is 13.8 Å². The van der Waals surface area contributed by atoms with Gasteiger partial charge in [0.1, 0.15) is 17.7 Å². The quantitative estimate of drug-likeness (QED) is 0.892. The SMILES string of the molecule is CCN(CC)C(=O)C(C)Nc1cc(F)c(C)cc1F. The first-order valence-electron chi connectivity index (χ1n) is 6.41. The molecule has 106 valence electrons. The predicted octanol–water partition coefficient (Wildman–Crippen LogP) is 2.94. The van der Waals surface area contributed by atoms with Crippen molar-refractivity contribution < 1.29 is 13.6 Å². The summed E-state index contributed by atoms with van der Waals surface area (Å²) >= 11 is 0. The Bertz CT molecular complexity index is 459. The van der Waals surface area contributed by atoms with Gasteiger partial charge in [-0.25, -0.2) is 8.78 Å². The first-order valence-corrected chi connectivity index (χ1v) is 6.41. The fourth-order valence-electron chi connectivity index (χ4n) is 1.86. The van der Waals surface area contributed by atoms with E-state index in [-0.39, 0.29) is 17.2 Å². The van der Waals surface area contributed by atoms with Crippen molar-refractivity contribution in [2.75, 3.05) is 18.4 Å². The van der Waals surface area contributed by atoms with Gasteiger partial charge in [-0.05, 0) is 39.3 Å². The summed E-state index contributed by atoms with van der Waals surface area (Å²) in [5, 5.41) is 2.72. The molecule has 0 aromatic heterocycles. The largest absolute Gasteiger partial charge is 0.371 e. The highest BCUT2D eigenvalue weighted by Gasteiger charge is 2.19. The first kappa shape index (κ1) is 15.4. The van der Waals surface area contributed by atoms with Gasteiger partial charge in [0.05, 0.1) is 5.69 Å². The average Bonchev–Trinajstić information content (AvgIpc) is 2.37. The van der Waals surface area contributed by atoms with Crippen molar-refractivity contribution >= 4 is 11.6 Å². The normalized spacial score (nSPS) is 12.1. The molecule has 0 aliphatic rings. The molecule has 1 unspecified atom stereocenters. The van der Waals surface area contributed by atoms with Crippen LogP contribution in [0.25, 0.3) is 0 Å². The average molecular weight is 270 g/mol. The van der Waals surface area contributed by atoms with E-state index in [1.165, 1.54) is 6.92 Å². The number of halogens is 2. The van der Waals surface area contributed by atoms with Crippen molar-refractivity contribution in [3.8, 4) is 0 Å². The minimum atomic E-state index is -0.600. The smallest absolute Gasteiger partial charge is 0.244 e. The number of likely N-dealkylation sites (N-methyl/N-ethyl adjacent to an activating group) is 1. The number of hydrogen-bond donors (Lipinski definition) is 1. The highest BCUT2D eigenvalue weighted by atomic mass is 19.1. The van der Waals surface area contributed by atoms with Crippen LogP contribution in [-0.2, 0) is 4.79 Å². The Kier molecular flexibility index (Phi) is 5.27. The van der Waals surface area contributed by atoms with Gasteiger partial charge >= 0.3 is 0 Å². The monoisotopic (exact) mass is 270 g/mol. The Balaban J connectivity index is 2.85. The van der Waals surface area contributed by atoms with Gasteiger partial charge in [-0.1, -0.05) is 0 Å². The van der Waals surface area contributed by atoms with Crippen LogP contribution in [0.3, 0.4) is 0 Å². The molecular weight excluding hydrogens is 250 g/mol. The van der Waals surface area contributed by atoms with E-state index in [2.05, 4.69) is 5.32 Å². The number of carbonyl (C=O) groups excluding carboxylic acids is 1. The molecule has 0 aliphatic carbocycles. The third-order valence-electron chi connectivity index (χ3n) is 3.07. The molecule has 0 radical (unpaired) electrons. The maximum atomic E-state index is 13.7. The van der Waals surface area contributed by atoms with Crippen molar-refractivity contribution in [2.45, 2.75) is 33.7 Å². The predicted molar refractivity (Wildman–Crippen MR) is 72.1 cm³/mol. The number of rotatable bonds is 5. The lowest BCUT2D eigenvalue weighted by atomic mass is 10.2. The fourth-order valence-corrected chi connectivity index (χ4v) is 1.86. The van der Waals surface area contributed by atoms with Crippen molar-refractivity contribution in [1.82, 2.24) is 4.90 Å². The van der Waals surface area contributed by atoms with Gasteiger partial charge in [-0.3, -0.25) is 4.79 Å². The van der Waals surface area contributed by atoms with Crippen LogP contribution in [0.2, 0.25) is 0 Å². The number of hydrogen-bond acceptors (Lipinski definition) is 2. The molecule has 5 heteroatoms. The van der Waals surface area contributed by atoms with Gasteiger partial charge in [0.25, 0.3) is 0 Å². The lowest BCUT2D eigenvalue weighted by Crippen LogP contribution is -2.41. The van der Waals surface area contributed by atoms with Crippen LogP contribution in [-0.4, -0.2) is 29.9 Å². The number of aryl methyl sites for hydroxylation is 1. The van der Waals surface area contributed by atoms with Crippen molar-refractivity contribution in [2.24, 2.45) is 0 Å². The maximum absolute atomic E-state index is 13.7. The zero-order chi connectivity index (χ0) is 14.6. The highest BCUT2D eigenvalue weighted by Crippen LogP contribution is 2.19. The first-order chi connectivity index (χ1) is 8.90. The molecule has 0 saturated carbocycles. The standard InChI is InChI=1S/C14H20F2N2O/c1-5-18(6-2)14(19)10(4)17-13-8-11(15)9(3)7-12(13)16/h7-8,10,17H,5-6H2,1-4H3. The second kappa shape index (κ2) is 6.50. The van der Waals surface area contributed by atoms with Crippen LogP contribution in [0.1, 0.15) is 26.3 Å². The number of anilines is 1. The zero-order valence-corrected chi connectivity index (χ0v) is 11.8. The van der Waals surface area contributed by atoms with Gasteiger partial charge in [0.15, 0.2) is 0 Å². The molecule has 1 rings (SSSR count). The highest BCUT2D eigenvalue weighted by molar-refractivity contribution is 5.84. The number of nitrogens with zero attached hydrogens (tertiary/aromatic N) is 1. The maximum Gasteiger partial charge on any atom is 0.244 e.